The largest absolute Gasteiger partial charge is 0.505 e. The highest BCUT2D eigenvalue weighted by Gasteiger charge is 2.44. The number of nitrogens with zero attached hydrogens (tertiary/aromatic N) is 1. The standard InChI is InChI=1S/C11H11ClFNO6S/c12-7-1-5(13)2-9(10(7)16)21(19,20)14-4-6(15)3-8(14)11(17)18/h1-2,6,8,15-16H,3-4H2,(H,17,18)/t6-,8+/m1/s1. The fraction of sp³-hybridized carbons (Fsp3) is 0.364. The molecule has 0 unspecified atom stereocenters. The lowest BCUT2D eigenvalue weighted by Gasteiger charge is -2.21. The van der Waals surface area contributed by atoms with Crippen molar-refractivity contribution in [1.29, 1.82) is 0 Å². The van der Waals surface area contributed by atoms with Crippen LogP contribution in [0.3, 0.4) is 0 Å². The molecule has 1 aromatic rings. The van der Waals surface area contributed by atoms with Gasteiger partial charge in [0.25, 0.3) is 0 Å². The third-order valence-electron chi connectivity index (χ3n) is 3.10. The van der Waals surface area contributed by atoms with E-state index in [1.807, 2.05) is 0 Å². The first-order chi connectivity index (χ1) is 9.64. The number of aliphatic hydroxyl groups is 1. The number of hydrogen-bond donors (Lipinski definition) is 3. The first-order valence-electron chi connectivity index (χ1n) is 5.75. The molecule has 1 aromatic carbocycles. The Labute approximate surface area is 124 Å². The molecule has 3 N–H and O–H groups in total. The van der Waals surface area contributed by atoms with Crippen LogP contribution in [0.25, 0.3) is 0 Å². The molecule has 0 aromatic heterocycles. The van der Waals surface area contributed by atoms with Crippen LogP contribution >= 0.6 is 11.6 Å². The maximum absolute atomic E-state index is 13.3. The van der Waals surface area contributed by atoms with E-state index in [1.54, 1.807) is 0 Å². The van der Waals surface area contributed by atoms with Crippen LogP contribution in [0.15, 0.2) is 17.0 Å². The minimum Gasteiger partial charge on any atom is -0.505 e. The third kappa shape index (κ3) is 2.82. The van der Waals surface area contributed by atoms with E-state index in [9.17, 15) is 27.8 Å². The molecule has 116 valence electrons. The number of halogens is 2. The highest BCUT2D eigenvalue weighted by atomic mass is 35.5. The number of aliphatic carboxylic acids is 1. The number of benzene rings is 1. The predicted octanol–water partition coefficient (Wildman–Crippen LogP) is 0.393. The van der Waals surface area contributed by atoms with Crippen molar-refractivity contribution in [2.24, 2.45) is 0 Å². The SMILES string of the molecule is O=C(O)[C@@H]1C[C@@H](O)CN1S(=O)(=O)c1cc(F)cc(Cl)c1O. The Hall–Kier alpha value is -1.42. The lowest BCUT2D eigenvalue weighted by atomic mass is 10.2. The highest BCUT2D eigenvalue weighted by Crippen LogP contribution is 2.36. The molecule has 0 aliphatic carbocycles. The van der Waals surface area contributed by atoms with Gasteiger partial charge in [0.15, 0.2) is 5.75 Å². The van der Waals surface area contributed by atoms with Crippen LogP contribution in [0.2, 0.25) is 5.02 Å². The molecule has 0 amide bonds. The number of aromatic hydroxyl groups is 1. The molecule has 0 spiro atoms. The Morgan fingerprint density at radius 1 is 1.43 bits per heavy atom. The minimum absolute atomic E-state index is 0.293. The second kappa shape index (κ2) is 5.41. The van der Waals surface area contributed by atoms with Gasteiger partial charge >= 0.3 is 5.97 Å². The van der Waals surface area contributed by atoms with Crippen LogP contribution in [0.4, 0.5) is 4.39 Å². The van der Waals surface area contributed by atoms with Crippen molar-refractivity contribution in [3.63, 3.8) is 0 Å². The van der Waals surface area contributed by atoms with Crippen LogP contribution in [0.1, 0.15) is 6.42 Å². The molecule has 1 aliphatic rings. The summed E-state index contributed by atoms with van der Waals surface area (Å²) in [5, 5.41) is 27.7. The van der Waals surface area contributed by atoms with E-state index in [-0.39, 0.29) is 6.42 Å². The number of β-amino-alcohol motifs (C(OH)–C–C–N with tert-alkyl or cyclic N) is 1. The maximum Gasteiger partial charge on any atom is 0.322 e. The molecule has 0 saturated carbocycles. The molecular weight excluding hydrogens is 329 g/mol. The molecule has 2 atom stereocenters. The summed E-state index contributed by atoms with van der Waals surface area (Å²) in [7, 11) is -4.52. The number of phenolic OH excluding ortho intramolecular Hbond substituents is 1. The van der Waals surface area contributed by atoms with Gasteiger partial charge in [-0.15, -0.1) is 0 Å². The number of sulfonamides is 1. The summed E-state index contributed by atoms with van der Waals surface area (Å²) in [6.07, 6.45) is -1.45. The molecule has 21 heavy (non-hydrogen) atoms. The topological polar surface area (TPSA) is 115 Å². The van der Waals surface area contributed by atoms with Gasteiger partial charge in [-0.3, -0.25) is 4.79 Å². The van der Waals surface area contributed by atoms with Crippen LogP contribution in [0, 0.1) is 5.82 Å². The summed E-state index contributed by atoms with van der Waals surface area (Å²) in [4.78, 5) is 10.2. The molecule has 7 nitrogen and oxygen atoms in total. The van der Waals surface area contributed by atoms with E-state index in [0.29, 0.717) is 10.4 Å². The monoisotopic (exact) mass is 339 g/mol. The van der Waals surface area contributed by atoms with Crippen LogP contribution in [-0.4, -0.2) is 52.7 Å². The molecule has 0 bridgehead atoms. The van der Waals surface area contributed by atoms with E-state index in [1.165, 1.54) is 0 Å². The molecule has 1 aliphatic heterocycles. The van der Waals surface area contributed by atoms with E-state index >= 15 is 0 Å². The van der Waals surface area contributed by atoms with Crippen LogP contribution in [0.5, 0.6) is 5.75 Å². The Bertz CT molecular complexity index is 694. The van der Waals surface area contributed by atoms with Gasteiger partial charge in [0, 0.05) is 13.0 Å². The van der Waals surface area contributed by atoms with Crippen molar-refractivity contribution in [2.75, 3.05) is 6.54 Å². The zero-order chi connectivity index (χ0) is 15.9. The first kappa shape index (κ1) is 16.0. The molecule has 1 saturated heterocycles. The van der Waals surface area contributed by atoms with Gasteiger partial charge in [0.1, 0.15) is 16.8 Å². The molecular formula is C11H11ClFNO6S. The molecule has 0 radical (unpaired) electrons. The number of carboxylic acid groups (broad SMARTS) is 1. The lowest BCUT2D eigenvalue weighted by molar-refractivity contribution is -0.140. The average molecular weight is 340 g/mol. The molecule has 1 heterocycles. The summed E-state index contributed by atoms with van der Waals surface area (Å²) >= 11 is 5.52. The van der Waals surface area contributed by atoms with Gasteiger partial charge in [-0.1, -0.05) is 11.6 Å². The normalized spacial score (nSPS) is 23.4. The van der Waals surface area contributed by atoms with Gasteiger partial charge in [-0.05, 0) is 12.1 Å². The average Bonchev–Trinajstić information content (AvgIpc) is 2.76. The number of hydrogen-bond acceptors (Lipinski definition) is 5. The van der Waals surface area contributed by atoms with Crippen LogP contribution in [-0.2, 0) is 14.8 Å². The van der Waals surface area contributed by atoms with Crippen molar-refractivity contribution >= 4 is 27.6 Å². The van der Waals surface area contributed by atoms with Gasteiger partial charge in [0.05, 0.1) is 11.1 Å². The minimum atomic E-state index is -4.52. The number of aliphatic hydroxyl groups excluding tert-OH is 1. The van der Waals surface area contributed by atoms with Crippen LogP contribution < -0.4 is 0 Å². The first-order valence-corrected chi connectivity index (χ1v) is 7.57. The Kier molecular flexibility index (Phi) is 4.11. The summed E-state index contributed by atoms with van der Waals surface area (Å²) in [6, 6.07) is -0.227. The van der Waals surface area contributed by atoms with E-state index in [4.69, 9.17) is 16.7 Å². The second-order valence-corrected chi connectivity index (χ2v) is 6.82. The third-order valence-corrected chi connectivity index (χ3v) is 5.27. The molecule has 2 rings (SSSR count). The number of carboxylic acids is 1. The summed E-state index contributed by atoms with van der Waals surface area (Å²) in [6.45, 7) is -0.465. The van der Waals surface area contributed by atoms with Crippen molar-refractivity contribution < 1.29 is 32.9 Å². The van der Waals surface area contributed by atoms with E-state index in [0.717, 1.165) is 6.07 Å². The van der Waals surface area contributed by atoms with Crippen molar-refractivity contribution in [3.8, 4) is 5.75 Å². The zero-order valence-corrected chi connectivity index (χ0v) is 12.0. The Morgan fingerprint density at radius 3 is 2.62 bits per heavy atom. The number of phenols is 1. The lowest BCUT2D eigenvalue weighted by Crippen LogP contribution is -2.40. The fourth-order valence-corrected chi connectivity index (χ4v) is 4.15. The smallest absolute Gasteiger partial charge is 0.322 e. The fourth-order valence-electron chi connectivity index (χ4n) is 2.14. The Balaban J connectivity index is 2.54. The number of carbonyl (C=O) groups is 1. The molecule has 1 fully saturated rings. The van der Waals surface area contributed by atoms with Crippen molar-refractivity contribution in [1.82, 2.24) is 4.31 Å². The quantitative estimate of drug-likeness (QED) is 0.734. The summed E-state index contributed by atoms with van der Waals surface area (Å²) in [5.74, 6) is -3.32. The summed E-state index contributed by atoms with van der Waals surface area (Å²) < 4.78 is 38.6. The maximum atomic E-state index is 13.3. The van der Waals surface area contributed by atoms with Gasteiger partial charge in [-0.25, -0.2) is 12.8 Å². The van der Waals surface area contributed by atoms with Gasteiger partial charge in [0.2, 0.25) is 10.0 Å². The Morgan fingerprint density at radius 2 is 2.05 bits per heavy atom. The predicted molar refractivity (Wildman–Crippen MR) is 69.0 cm³/mol. The van der Waals surface area contributed by atoms with E-state index in [2.05, 4.69) is 0 Å². The number of rotatable bonds is 3. The van der Waals surface area contributed by atoms with Gasteiger partial charge in [-0.2, -0.15) is 4.31 Å². The zero-order valence-electron chi connectivity index (χ0n) is 10.4. The van der Waals surface area contributed by atoms with Crippen molar-refractivity contribution in [2.45, 2.75) is 23.5 Å². The summed E-state index contributed by atoms with van der Waals surface area (Å²) in [5.41, 5.74) is 0. The highest BCUT2D eigenvalue weighted by molar-refractivity contribution is 7.89. The van der Waals surface area contributed by atoms with Gasteiger partial charge < -0.3 is 15.3 Å². The van der Waals surface area contributed by atoms with Crippen molar-refractivity contribution in [3.05, 3.63) is 23.0 Å². The molecule has 10 heteroatoms. The van der Waals surface area contributed by atoms with E-state index < -0.39 is 56.2 Å². The second-order valence-electron chi connectivity index (χ2n) is 4.55.